The first-order valence-electron chi connectivity index (χ1n) is 8.57. The number of alkyl halides is 2. The lowest BCUT2D eigenvalue weighted by Crippen LogP contribution is -2.48. The normalized spacial score (nSPS) is 33.1. The SMILES string of the molecule is Cc1cc(C)cc(OP2(=O)OC[C@H]3O/C(=[N+]4/C=CC(=N)NC4=O)C(F)(F)[C@@H]3O2)c1. The number of nitrogens with one attached hydrogen (secondary N) is 2. The molecule has 3 aliphatic rings. The molecule has 9 nitrogen and oxygen atoms in total. The highest BCUT2D eigenvalue weighted by Gasteiger charge is 2.67. The van der Waals surface area contributed by atoms with Gasteiger partial charge in [0.05, 0.1) is 6.61 Å². The molecule has 0 aromatic heterocycles. The van der Waals surface area contributed by atoms with Crippen molar-refractivity contribution in [2.24, 2.45) is 0 Å². The summed E-state index contributed by atoms with van der Waals surface area (Å²) >= 11 is 0. The Balaban J connectivity index is 1.62. The highest BCUT2D eigenvalue weighted by atomic mass is 31.2. The van der Waals surface area contributed by atoms with Crippen LogP contribution in [0.3, 0.4) is 0 Å². The fourth-order valence-corrected chi connectivity index (χ4v) is 4.60. The molecule has 12 heteroatoms. The van der Waals surface area contributed by atoms with Gasteiger partial charge in [-0.05, 0) is 37.1 Å². The van der Waals surface area contributed by atoms with Gasteiger partial charge in [0.1, 0.15) is 11.9 Å². The van der Waals surface area contributed by atoms with Gasteiger partial charge < -0.3 is 9.26 Å². The molecule has 1 unspecified atom stereocenters. The van der Waals surface area contributed by atoms with Gasteiger partial charge in [-0.2, -0.15) is 18.9 Å². The summed E-state index contributed by atoms with van der Waals surface area (Å²) in [5, 5.41) is 9.43. The molecule has 3 atom stereocenters. The number of carbonyl (C=O) groups excluding carboxylic acids is 1. The topological polar surface area (TPSA) is 110 Å². The number of ether oxygens (including phenoxy) is 1. The van der Waals surface area contributed by atoms with Crippen LogP contribution in [0.1, 0.15) is 11.1 Å². The van der Waals surface area contributed by atoms with Crippen LogP contribution < -0.4 is 9.84 Å². The van der Waals surface area contributed by atoms with Crippen LogP contribution in [0.2, 0.25) is 0 Å². The Hall–Kier alpha value is -2.62. The van der Waals surface area contributed by atoms with Gasteiger partial charge in [0.15, 0.2) is 12.2 Å². The maximum atomic E-state index is 15.0. The van der Waals surface area contributed by atoms with Crippen molar-refractivity contribution in [3.63, 3.8) is 0 Å². The Morgan fingerprint density at radius 1 is 1.31 bits per heavy atom. The second-order valence-corrected chi connectivity index (χ2v) is 8.34. The molecule has 2 fully saturated rings. The third-order valence-corrected chi connectivity index (χ3v) is 5.75. The van der Waals surface area contributed by atoms with Gasteiger partial charge in [-0.1, -0.05) is 6.07 Å². The Bertz CT molecular complexity index is 1000. The number of urea groups is 1. The maximum Gasteiger partial charge on any atom is 0.530 e. The van der Waals surface area contributed by atoms with Crippen molar-refractivity contribution in [3.8, 4) is 5.75 Å². The van der Waals surface area contributed by atoms with E-state index >= 15 is 0 Å². The first-order valence-corrected chi connectivity index (χ1v) is 10.0. The van der Waals surface area contributed by atoms with Crippen LogP contribution in [-0.4, -0.2) is 47.1 Å². The molecule has 3 aliphatic heterocycles. The minimum Gasteiger partial charge on any atom is -0.452 e. The van der Waals surface area contributed by atoms with Gasteiger partial charge in [-0.3, -0.25) is 14.5 Å². The van der Waals surface area contributed by atoms with Crippen LogP contribution in [0, 0.1) is 19.3 Å². The van der Waals surface area contributed by atoms with Gasteiger partial charge in [-0.15, -0.1) is 4.58 Å². The van der Waals surface area contributed by atoms with E-state index in [0.717, 1.165) is 23.4 Å². The molecule has 4 rings (SSSR count). The Morgan fingerprint density at radius 3 is 2.66 bits per heavy atom. The van der Waals surface area contributed by atoms with Crippen molar-refractivity contribution in [1.82, 2.24) is 5.32 Å². The summed E-state index contributed by atoms with van der Waals surface area (Å²) in [6.07, 6.45) is -1.19. The summed E-state index contributed by atoms with van der Waals surface area (Å²) in [5.41, 5.74) is 1.64. The van der Waals surface area contributed by atoms with Crippen LogP contribution in [0.5, 0.6) is 5.75 Å². The molecular weight excluding hydrogens is 411 g/mol. The lowest BCUT2D eigenvalue weighted by Gasteiger charge is -2.30. The van der Waals surface area contributed by atoms with Crippen molar-refractivity contribution in [3.05, 3.63) is 41.6 Å². The van der Waals surface area contributed by atoms with Crippen LogP contribution >= 0.6 is 7.82 Å². The predicted octanol–water partition coefficient (Wildman–Crippen LogP) is 2.87. The van der Waals surface area contributed by atoms with Crippen LogP contribution in [0.15, 0.2) is 30.5 Å². The summed E-state index contributed by atoms with van der Waals surface area (Å²) in [5.74, 6) is -4.89. The van der Waals surface area contributed by atoms with E-state index in [1.807, 2.05) is 6.07 Å². The number of amidine groups is 1. The summed E-state index contributed by atoms with van der Waals surface area (Å²) in [4.78, 5) is 12.0. The number of carbonyl (C=O) groups is 1. The molecule has 2 amide bonds. The lowest BCUT2D eigenvalue weighted by atomic mass is 10.1. The molecule has 2 saturated heterocycles. The molecule has 29 heavy (non-hydrogen) atoms. The molecule has 3 heterocycles. The molecule has 0 bridgehead atoms. The number of fused-ring (bicyclic) bond motifs is 1. The van der Waals surface area contributed by atoms with E-state index in [0.29, 0.717) is 4.58 Å². The summed E-state index contributed by atoms with van der Waals surface area (Å²) in [6, 6.07) is 4.02. The minimum absolute atomic E-state index is 0.160. The van der Waals surface area contributed by atoms with Crippen molar-refractivity contribution < 1.29 is 41.0 Å². The van der Waals surface area contributed by atoms with E-state index in [2.05, 4.69) is 5.32 Å². The number of rotatable bonds is 2. The number of hydrogen-bond donors (Lipinski definition) is 2. The van der Waals surface area contributed by atoms with Gasteiger partial charge in [0, 0.05) is 6.08 Å². The molecule has 154 valence electrons. The number of hydrogen-bond acceptors (Lipinski definition) is 7. The third-order valence-electron chi connectivity index (χ3n) is 4.36. The van der Waals surface area contributed by atoms with Crippen molar-refractivity contribution in [2.75, 3.05) is 6.61 Å². The van der Waals surface area contributed by atoms with Crippen molar-refractivity contribution >= 4 is 25.6 Å². The lowest BCUT2D eigenvalue weighted by molar-refractivity contribution is -0.371. The standard InChI is InChI=1S/C17H16F2N3O6P/c1-9-5-10(2)7-11(6-9)27-29(24)25-8-12-14(28-29)17(18,19)15(26-12)22-4-3-13(20)21-16(22)23/h3-7,12,14H,8H2,1-2H3,(H-,20,21,23)/p+1/b22-15-/t12-,14-,29?/m1/s1. The highest BCUT2D eigenvalue weighted by molar-refractivity contribution is 7.49. The van der Waals surface area contributed by atoms with Gasteiger partial charge in [0.2, 0.25) is 5.84 Å². The van der Waals surface area contributed by atoms with E-state index in [1.165, 1.54) is 0 Å². The first-order chi connectivity index (χ1) is 13.6. The number of amides is 2. The quantitative estimate of drug-likeness (QED) is 0.554. The molecule has 1 aromatic carbocycles. The smallest absolute Gasteiger partial charge is 0.452 e. The first kappa shape index (κ1) is 19.7. The molecular formula is C17H17F2N3O6P+. The van der Waals surface area contributed by atoms with Crippen LogP contribution in [-0.2, 0) is 18.3 Å². The molecule has 2 N–H and O–H groups in total. The summed E-state index contributed by atoms with van der Waals surface area (Å²) < 4.78 is 64.0. The molecule has 0 radical (unpaired) electrons. The Labute approximate surface area is 164 Å². The molecule has 1 aromatic rings. The molecule has 0 aliphatic carbocycles. The average Bonchev–Trinajstić information content (AvgIpc) is 2.84. The van der Waals surface area contributed by atoms with E-state index in [-0.39, 0.29) is 11.6 Å². The Morgan fingerprint density at radius 2 is 2.00 bits per heavy atom. The fourth-order valence-electron chi connectivity index (χ4n) is 3.20. The van der Waals surface area contributed by atoms with E-state index < -0.39 is 44.5 Å². The monoisotopic (exact) mass is 428 g/mol. The number of nitrogens with zero attached hydrogens (tertiary/aromatic N) is 1. The number of aryl methyl sites for hydroxylation is 2. The van der Waals surface area contributed by atoms with E-state index in [9.17, 15) is 18.1 Å². The van der Waals surface area contributed by atoms with Crippen LogP contribution in [0.4, 0.5) is 13.6 Å². The number of phosphoric ester groups is 1. The second kappa shape index (κ2) is 6.72. The zero-order valence-electron chi connectivity index (χ0n) is 15.3. The van der Waals surface area contributed by atoms with Crippen molar-refractivity contribution in [2.45, 2.75) is 32.0 Å². The largest absolute Gasteiger partial charge is 0.530 e. The molecule has 0 spiro atoms. The molecule has 0 saturated carbocycles. The predicted molar refractivity (Wildman–Crippen MR) is 95.5 cm³/mol. The summed E-state index contributed by atoms with van der Waals surface area (Å²) in [7, 11) is -4.36. The fraction of sp³-hybridized carbons (Fsp3) is 0.353. The Kier molecular flexibility index (Phi) is 4.56. The zero-order valence-corrected chi connectivity index (χ0v) is 16.2. The minimum atomic E-state index is -4.36. The highest BCUT2D eigenvalue weighted by Crippen LogP contribution is 2.57. The van der Waals surface area contributed by atoms with Crippen molar-refractivity contribution in [1.29, 1.82) is 5.41 Å². The number of benzene rings is 1. The van der Waals surface area contributed by atoms with E-state index in [4.69, 9.17) is 23.7 Å². The van der Waals surface area contributed by atoms with E-state index in [1.54, 1.807) is 26.0 Å². The average molecular weight is 428 g/mol. The third kappa shape index (κ3) is 3.57. The van der Waals surface area contributed by atoms with Crippen LogP contribution in [0.25, 0.3) is 0 Å². The zero-order chi connectivity index (χ0) is 21.0. The number of halogens is 2. The second-order valence-electron chi connectivity index (χ2n) is 6.80. The summed E-state index contributed by atoms with van der Waals surface area (Å²) in [6.45, 7) is 3.11. The maximum absolute atomic E-state index is 15.0. The van der Waals surface area contributed by atoms with Gasteiger partial charge in [-0.25, -0.2) is 4.57 Å². The van der Waals surface area contributed by atoms with Gasteiger partial charge in [0.25, 0.3) is 0 Å². The van der Waals surface area contributed by atoms with Gasteiger partial charge >= 0.3 is 25.7 Å². The number of phosphoric acid groups is 1.